The van der Waals surface area contributed by atoms with E-state index in [2.05, 4.69) is 12.6 Å². The van der Waals surface area contributed by atoms with Gasteiger partial charge in [-0.15, -0.1) is 18.3 Å². The summed E-state index contributed by atoms with van der Waals surface area (Å²) in [7, 11) is 0. The molecule has 0 fully saturated rings. The van der Waals surface area contributed by atoms with Crippen molar-refractivity contribution in [1.82, 2.24) is 4.98 Å². The molecule has 24 heavy (non-hydrogen) atoms. The predicted molar refractivity (Wildman–Crippen MR) is 101 cm³/mol. The highest BCUT2D eigenvalue weighted by atomic mass is 32.2. The summed E-state index contributed by atoms with van der Waals surface area (Å²) in [6.45, 7) is 3.77. The third kappa shape index (κ3) is 3.40. The van der Waals surface area contributed by atoms with Crippen LogP contribution in [0, 0.1) is 11.3 Å². The smallest absolute Gasteiger partial charge is 0.102 e. The number of pyridine rings is 1. The second kappa shape index (κ2) is 7.63. The minimum absolute atomic E-state index is 0.607. The fourth-order valence-electron chi connectivity index (χ4n) is 2.50. The molecule has 0 spiro atoms. The SMILES string of the molecule is C=CCSc1cc(-c2ccccc2)c(C#N)c(-c2ccccc2)n1. The van der Waals surface area contributed by atoms with Crippen LogP contribution in [0.15, 0.2) is 84.4 Å². The summed E-state index contributed by atoms with van der Waals surface area (Å²) < 4.78 is 0. The first-order valence-corrected chi connectivity index (χ1v) is 8.61. The molecular formula is C21H16N2S. The number of hydrogen-bond acceptors (Lipinski definition) is 3. The lowest BCUT2D eigenvalue weighted by atomic mass is 9.97. The quantitative estimate of drug-likeness (QED) is 0.454. The Bertz CT molecular complexity index is 820. The van der Waals surface area contributed by atoms with Crippen LogP contribution in [0.3, 0.4) is 0 Å². The highest BCUT2D eigenvalue weighted by molar-refractivity contribution is 7.99. The van der Waals surface area contributed by atoms with Gasteiger partial charge < -0.3 is 0 Å². The molecule has 3 rings (SSSR count). The average Bonchev–Trinajstić information content (AvgIpc) is 2.67. The van der Waals surface area contributed by atoms with Gasteiger partial charge >= 0.3 is 0 Å². The molecule has 0 aliphatic heterocycles. The third-order valence-corrected chi connectivity index (χ3v) is 4.50. The topological polar surface area (TPSA) is 36.7 Å². The van der Waals surface area contributed by atoms with E-state index in [0.717, 1.165) is 33.2 Å². The summed E-state index contributed by atoms with van der Waals surface area (Å²) in [4.78, 5) is 4.73. The molecule has 0 saturated carbocycles. The summed E-state index contributed by atoms with van der Waals surface area (Å²) in [6, 6.07) is 24.2. The van der Waals surface area contributed by atoms with Gasteiger partial charge in [-0.3, -0.25) is 0 Å². The van der Waals surface area contributed by atoms with Crippen LogP contribution in [-0.2, 0) is 0 Å². The molecule has 0 aliphatic rings. The highest BCUT2D eigenvalue weighted by Crippen LogP contribution is 2.34. The third-order valence-electron chi connectivity index (χ3n) is 3.59. The van der Waals surface area contributed by atoms with Gasteiger partial charge in [0.1, 0.15) is 6.07 Å². The first-order valence-electron chi connectivity index (χ1n) is 7.63. The van der Waals surface area contributed by atoms with Crippen molar-refractivity contribution in [3.05, 3.63) is 84.9 Å². The summed E-state index contributed by atoms with van der Waals surface area (Å²) in [5.41, 5.74) is 4.22. The zero-order chi connectivity index (χ0) is 16.8. The monoisotopic (exact) mass is 328 g/mol. The molecule has 0 unspecified atom stereocenters. The Morgan fingerprint density at radius 2 is 1.62 bits per heavy atom. The summed E-state index contributed by atoms with van der Waals surface area (Å²) in [6.07, 6.45) is 1.86. The maximum atomic E-state index is 9.78. The fourth-order valence-corrected chi connectivity index (χ4v) is 3.15. The molecule has 3 heteroatoms. The number of hydrogen-bond donors (Lipinski definition) is 0. The molecule has 0 bridgehead atoms. The maximum absolute atomic E-state index is 9.78. The first kappa shape index (κ1) is 16.0. The van der Waals surface area contributed by atoms with Crippen molar-refractivity contribution in [2.75, 3.05) is 5.75 Å². The second-order valence-electron chi connectivity index (χ2n) is 5.18. The Kier molecular flexibility index (Phi) is 5.10. The second-order valence-corrected chi connectivity index (χ2v) is 6.22. The van der Waals surface area contributed by atoms with Gasteiger partial charge in [0.05, 0.1) is 16.3 Å². The summed E-state index contributed by atoms with van der Waals surface area (Å²) in [5, 5.41) is 10.7. The summed E-state index contributed by atoms with van der Waals surface area (Å²) >= 11 is 1.62. The van der Waals surface area contributed by atoms with Gasteiger partial charge in [0.2, 0.25) is 0 Å². The number of rotatable bonds is 5. The molecule has 0 aliphatic carbocycles. The molecule has 0 saturated heterocycles. The van der Waals surface area contributed by atoms with E-state index in [1.807, 2.05) is 72.8 Å². The number of thioether (sulfide) groups is 1. The number of benzene rings is 2. The highest BCUT2D eigenvalue weighted by Gasteiger charge is 2.15. The molecule has 2 aromatic carbocycles. The van der Waals surface area contributed by atoms with Gasteiger partial charge in [-0.1, -0.05) is 66.7 Å². The van der Waals surface area contributed by atoms with Gasteiger partial charge in [0.15, 0.2) is 0 Å². The number of nitrogens with zero attached hydrogens (tertiary/aromatic N) is 2. The Morgan fingerprint density at radius 3 is 2.21 bits per heavy atom. The summed E-state index contributed by atoms with van der Waals surface area (Å²) in [5.74, 6) is 0.779. The van der Waals surface area contributed by atoms with E-state index in [1.165, 1.54) is 0 Å². The zero-order valence-corrected chi connectivity index (χ0v) is 14.0. The van der Waals surface area contributed by atoms with Crippen LogP contribution in [0.4, 0.5) is 0 Å². The Balaban J connectivity index is 2.24. The molecule has 0 amide bonds. The van der Waals surface area contributed by atoms with Crippen LogP contribution < -0.4 is 0 Å². The van der Waals surface area contributed by atoms with Crippen molar-refractivity contribution in [3.63, 3.8) is 0 Å². The van der Waals surface area contributed by atoms with Crippen LogP contribution in [0.25, 0.3) is 22.4 Å². The molecule has 0 N–H and O–H groups in total. The number of nitriles is 1. The molecule has 116 valence electrons. The molecule has 0 atom stereocenters. The Morgan fingerprint density at radius 1 is 1.00 bits per heavy atom. The molecule has 0 radical (unpaired) electrons. The van der Waals surface area contributed by atoms with E-state index < -0.39 is 0 Å². The zero-order valence-electron chi connectivity index (χ0n) is 13.1. The standard InChI is InChI=1S/C21H16N2S/c1-2-13-24-20-14-18(16-9-5-3-6-10-16)19(15-22)21(23-20)17-11-7-4-8-12-17/h2-12,14H,1,13H2. The molecule has 3 aromatic rings. The minimum Gasteiger partial charge on any atom is -0.240 e. The van der Waals surface area contributed by atoms with Gasteiger partial charge in [-0.25, -0.2) is 4.98 Å². The van der Waals surface area contributed by atoms with Gasteiger partial charge in [-0.05, 0) is 11.6 Å². The fraction of sp³-hybridized carbons (Fsp3) is 0.0476. The van der Waals surface area contributed by atoms with E-state index in [-0.39, 0.29) is 0 Å². The minimum atomic E-state index is 0.607. The van der Waals surface area contributed by atoms with Crippen LogP contribution in [0.5, 0.6) is 0 Å². The lowest BCUT2D eigenvalue weighted by Crippen LogP contribution is -1.96. The van der Waals surface area contributed by atoms with E-state index >= 15 is 0 Å². The van der Waals surface area contributed by atoms with E-state index in [0.29, 0.717) is 5.56 Å². The van der Waals surface area contributed by atoms with Gasteiger partial charge in [-0.2, -0.15) is 5.26 Å². The van der Waals surface area contributed by atoms with Crippen molar-refractivity contribution in [1.29, 1.82) is 5.26 Å². The van der Waals surface area contributed by atoms with Crippen LogP contribution >= 0.6 is 11.8 Å². The first-order chi connectivity index (χ1) is 11.8. The van der Waals surface area contributed by atoms with Crippen molar-refractivity contribution in [2.45, 2.75) is 5.03 Å². The molecular weight excluding hydrogens is 312 g/mol. The van der Waals surface area contributed by atoms with E-state index in [4.69, 9.17) is 4.98 Å². The van der Waals surface area contributed by atoms with Crippen molar-refractivity contribution in [3.8, 4) is 28.5 Å². The van der Waals surface area contributed by atoms with E-state index in [1.54, 1.807) is 11.8 Å². The van der Waals surface area contributed by atoms with Crippen LogP contribution in [0.1, 0.15) is 5.56 Å². The van der Waals surface area contributed by atoms with Crippen molar-refractivity contribution < 1.29 is 0 Å². The normalized spacial score (nSPS) is 10.1. The number of aromatic nitrogens is 1. The van der Waals surface area contributed by atoms with Crippen LogP contribution in [0.2, 0.25) is 0 Å². The molecule has 1 heterocycles. The average molecular weight is 328 g/mol. The van der Waals surface area contributed by atoms with Crippen LogP contribution in [-0.4, -0.2) is 10.7 Å². The Labute approximate surface area is 146 Å². The lowest BCUT2D eigenvalue weighted by molar-refractivity contribution is 1.13. The van der Waals surface area contributed by atoms with Crippen molar-refractivity contribution >= 4 is 11.8 Å². The van der Waals surface area contributed by atoms with E-state index in [9.17, 15) is 5.26 Å². The molecule has 1 aromatic heterocycles. The maximum Gasteiger partial charge on any atom is 0.102 e. The Hall–Kier alpha value is -2.83. The predicted octanol–water partition coefficient (Wildman–Crippen LogP) is 5.57. The lowest BCUT2D eigenvalue weighted by Gasteiger charge is -2.12. The largest absolute Gasteiger partial charge is 0.240 e. The van der Waals surface area contributed by atoms with Crippen molar-refractivity contribution in [2.24, 2.45) is 0 Å². The molecule has 2 nitrogen and oxygen atoms in total. The van der Waals surface area contributed by atoms with Gasteiger partial charge in [0.25, 0.3) is 0 Å². The van der Waals surface area contributed by atoms with Gasteiger partial charge in [0, 0.05) is 16.9 Å².